The predicted octanol–water partition coefficient (Wildman–Crippen LogP) is 5.60. The average Bonchev–Trinajstić information content (AvgIpc) is 3.18. The molecule has 0 saturated heterocycles. The lowest BCUT2D eigenvalue weighted by atomic mass is 10.0. The van der Waals surface area contributed by atoms with Crippen molar-refractivity contribution in [3.05, 3.63) is 74.9 Å². The highest BCUT2D eigenvalue weighted by Crippen LogP contribution is 2.39. The highest BCUT2D eigenvalue weighted by Gasteiger charge is 2.41. The molecule has 0 radical (unpaired) electrons. The zero-order chi connectivity index (χ0) is 26.4. The molecule has 4 rings (SSSR count). The van der Waals surface area contributed by atoms with E-state index in [4.69, 9.17) is 28.9 Å². The summed E-state index contributed by atoms with van der Waals surface area (Å²) in [5, 5.41) is 0.150. The Morgan fingerprint density at radius 3 is 2.47 bits per heavy atom. The predicted molar refractivity (Wildman–Crippen MR) is 121 cm³/mol. The molecule has 2 N–H and O–H groups in total. The van der Waals surface area contributed by atoms with Gasteiger partial charge in [-0.25, -0.2) is 18.2 Å². The summed E-state index contributed by atoms with van der Waals surface area (Å²) in [6.07, 6.45) is -5.30. The molecular formula is C23H18Cl2F6N4O. The van der Waals surface area contributed by atoms with Crippen LogP contribution in [0.5, 0.6) is 0 Å². The Kier molecular flexibility index (Phi) is 7.27. The van der Waals surface area contributed by atoms with Gasteiger partial charge in [0.25, 0.3) is 0 Å². The molecule has 13 heteroatoms. The summed E-state index contributed by atoms with van der Waals surface area (Å²) in [5.41, 5.74) is 6.00. The first-order valence-electron chi connectivity index (χ1n) is 10.6. The first-order valence-corrected chi connectivity index (χ1v) is 11.4. The van der Waals surface area contributed by atoms with Crippen LogP contribution in [0.3, 0.4) is 0 Å². The Bertz CT molecular complexity index is 1330. The van der Waals surface area contributed by atoms with Gasteiger partial charge in [0, 0.05) is 37.2 Å². The van der Waals surface area contributed by atoms with Crippen LogP contribution in [0, 0.1) is 17.5 Å². The number of hydrogen-bond donors (Lipinski definition) is 1. The van der Waals surface area contributed by atoms with E-state index in [0.29, 0.717) is 12.1 Å². The number of amides is 1. The lowest BCUT2D eigenvalue weighted by molar-refractivity contribution is -0.148. The Labute approximate surface area is 211 Å². The number of nitrogens with two attached hydrogens (primary N) is 1. The Balaban J connectivity index is 1.58. The second-order valence-electron chi connectivity index (χ2n) is 8.32. The minimum absolute atomic E-state index is 0.0211. The number of rotatable bonds is 5. The number of aromatic nitrogens is 2. The lowest BCUT2D eigenvalue weighted by Gasteiger charge is -2.30. The second-order valence-corrected chi connectivity index (χ2v) is 9.11. The number of nitrogens with zero attached hydrogens (tertiary/aromatic N) is 3. The van der Waals surface area contributed by atoms with E-state index in [9.17, 15) is 31.1 Å². The van der Waals surface area contributed by atoms with E-state index < -0.39 is 41.4 Å². The molecule has 1 aromatic heterocycles. The smallest absolute Gasteiger partial charge is 0.335 e. The molecular weight excluding hydrogens is 533 g/mol. The highest BCUT2D eigenvalue weighted by molar-refractivity contribution is 6.43. The van der Waals surface area contributed by atoms with E-state index >= 15 is 0 Å². The molecule has 0 fully saturated rings. The van der Waals surface area contributed by atoms with Gasteiger partial charge in [-0.3, -0.25) is 4.79 Å². The Morgan fingerprint density at radius 2 is 1.78 bits per heavy atom. The zero-order valence-corrected chi connectivity index (χ0v) is 19.9. The molecule has 192 valence electrons. The summed E-state index contributed by atoms with van der Waals surface area (Å²) in [6.45, 7) is -0.458. The van der Waals surface area contributed by atoms with Gasteiger partial charge in [-0.2, -0.15) is 13.2 Å². The van der Waals surface area contributed by atoms with E-state index in [0.717, 1.165) is 4.57 Å². The van der Waals surface area contributed by atoms with Crippen LogP contribution in [0.4, 0.5) is 26.3 Å². The zero-order valence-electron chi connectivity index (χ0n) is 18.4. The van der Waals surface area contributed by atoms with Gasteiger partial charge in [-0.15, -0.1) is 0 Å². The van der Waals surface area contributed by atoms with Crippen molar-refractivity contribution in [3.8, 4) is 11.3 Å². The molecule has 2 aromatic carbocycles. The number of hydrogen-bond acceptors (Lipinski definition) is 3. The van der Waals surface area contributed by atoms with Crippen molar-refractivity contribution in [1.82, 2.24) is 14.5 Å². The fourth-order valence-electron chi connectivity index (χ4n) is 4.13. The minimum atomic E-state index is -4.75. The van der Waals surface area contributed by atoms with Crippen molar-refractivity contribution in [2.75, 3.05) is 6.54 Å². The van der Waals surface area contributed by atoms with Crippen molar-refractivity contribution in [2.45, 2.75) is 38.1 Å². The quantitative estimate of drug-likeness (QED) is 0.332. The number of halogens is 8. The monoisotopic (exact) mass is 550 g/mol. The lowest BCUT2D eigenvalue weighted by Crippen LogP contribution is -2.42. The van der Waals surface area contributed by atoms with Crippen molar-refractivity contribution in [1.29, 1.82) is 0 Å². The van der Waals surface area contributed by atoms with Crippen molar-refractivity contribution < 1.29 is 31.1 Å². The summed E-state index contributed by atoms with van der Waals surface area (Å²) < 4.78 is 82.6. The third kappa shape index (κ3) is 5.18. The Hall–Kier alpha value is -2.76. The maximum Gasteiger partial charge on any atom is 0.449 e. The molecule has 1 atom stereocenters. The van der Waals surface area contributed by atoms with Gasteiger partial charge in [-0.1, -0.05) is 35.3 Å². The van der Waals surface area contributed by atoms with Gasteiger partial charge in [0.15, 0.2) is 11.6 Å². The van der Waals surface area contributed by atoms with Crippen LogP contribution in [-0.4, -0.2) is 32.9 Å². The number of carbonyl (C=O) groups excluding carboxylic acids is 1. The van der Waals surface area contributed by atoms with E-state index in [1.807, 2.05) is 0 Å². The van der Waals surface area contributed by atoms with E-state index in [1.165, 1.54) is 23.1 Å². The van der Waals surface area contributed by atoms with Gasteiger partial charge in [0.05, 0.1) is 28.0 Å². The van der Waals surface area contributed by atoms with Crippen molar-refractivity contribution >= 4 is 29.1 Å². The molecule has 1 unspecified atom stereocenters. The summed E-state index contributed by atoms with van der Waals surface area (Å²) in [5.74, 6) is -5.22. The van der Waals surface area contributed by atoms with E-state index in [2.05, 4.69) is 4.98 Å². The molecule has 1 aliphatic rings. The molecule has 36 heavy (non-hydrogen) atoms. The fraction of sp³-hybridized carbons (Fsp3) is 0.304. The third-order valence-corrected chi connectivity index (χ3v) is 6.65. The first kappa shape index (κ1) is 26.3. The van der Waals surface area contributed by atoms with Crippen LogP contribution >= 0.6 is 23.2 Å². The van der Waals surface area contributed by atoms with Gasteiger partial charge in [0.1, 0.15) is 5.82 Å². The van der Waals surface area contributed by atoms with Gasteiger partial charge < -0.3 is 15.2 Å². The normalized spacial score (nSPS) is 14.6. The van der Waals surface area contributed by atoms with E-state index in [1.54, 1.807) is 0 Å². The second kappa shape index (κ2) is 9.95. The van der Waals surface area contributed by atoms with Crippen molar-refractivity contribution in [2.24, 2.45) is 5.73 Å². The van der Waals surface area contributed by atoms with Crippen LogP contribution in [0.25, 0.3) is 11.3 Å². The molecule has 1 aliphatic heterocycles. The average molecular weight is 551 g/mol. The highest BCUT2D eigenvalue weighted by atomic mass is 35.5. The number of alkyl halides is 3. The molecule has 0 saturated carbocycles. The van der Waals surface area contributed by atoms with Crippen LogP contribution in [0.1, 0.15) is 23.5 Å². The molecule has 5 nitrogen and oxygen atoms in total. The number of fused-ring (bicyclic) bond motifs is 1. The molecule has 1 amide bonds. The standard InChI is InChI=1S/C23H18Cl2F6N4O/c24-14-3-1-2-13(20(14)25)21-18-10-34(4-5-35(18)22(33-21)23(29,30)31)19(36)8-12(32)6-11-7-16(27)17(28)9-15(11)26/h1-3,7,9,12H,4-6,8,10,32H2. The molecule has 3 aromatic rings. The van der Waals surface area contributed by atoms with Gasteiger partial charge in [0.2, 0.25) is 11.7 Å². The largest absolute Gasteiger partial charge is 0.449 e. The summed E-state index contributed by atoms with van der Waals surface area (Å²) in [6, 6.07) is 4.60. The number of imidazole rings is 1. The van der Waals surface area contributed by atoms with E-state index in [-0.39, 0.29) is 65.0 Å². The maximum atomic E-state index is 13.9. The van der Waals surface area contributed by atoms with Gasteiger partial charge >= 0.3 is 6.18 Å². The van der Waals surface area contributed by atoms with Crippen LogP contribution in [0.15, 0.2) is 30.3 Å². The van der Waals surface area contributed by atoms with Crippen molar-refractivity contribution in [3.63, 3.8) is 0 Å². The van der Waals surface area contributed by atoms with Crippen LogP contribution < -0.4 is 5.73 Å². The summed E-state index contributed by atoms with van der Waals surface area (Å²) in [4.78, 5) is 18.0. The first-order chi connectivity index (χ1) is 16.9. The van der Waals surface area contributed by atoms with Gasteiger partial charge in [-0.05, 0) is 24.1 Å². The summed E-state index contributed by atoms with van der Waals surface area (Å²) >= 11 is 12.3. The molecule has 2 heterocycles. The van der Waals surface area contributed by atoms with Crippen LogP contribution in [0.2, 0.25) is 10.0 Å². The third-order valence-electron chi connectivity index (χ3n) is 5.83. The SMILES string of the molecule is NC(CC(=O)N1CCn2c(C(F)(F)F)nc(-c3cccc(Cl)c3Cl)c2C1)Cc1cc(F)c(F)cc1F. The Morgan fingerprint density at radius 1 is 1.08 bits per heavy atom. The topological polar surface area (TPSA) is 64.2 Å². The number of benzene rings is 2. The molecule has 0 aliphatic carbocycles. The minimum Gasteiger partial charge on any atom is -0.335 e. The number of carbonyl (C=O) groups is 1. The fourth-order valence-corrected chi connectivity index (χ4v) is 4.52. The molecule has 0 spiro atoms. The van der Waals surface area contributed by atoms with Crippen LogP contribution in [-0.2, 0) is 30.5 Å². The maximum absolute atomic E-state index is 13.9. The summed E-state index contributed by atoms with van der Waals surface area (Å²) in [7, 11) is 0. The molecule has 0 bridgehead atoms.